The third-order valence-corrected chi connectivity index (χ3v) is 9.96. The largest absolute Gasteiger partial charge is 0.481 e. The summed E-state index contributed by atoms with van der Waals surface area (Å²) < 4.78 is 5.77. The van der Waals surface area contributed by atoms with E-state index in [-0.39, 0.29) is 38.3 Å². The van der Waals surface area contributed by atoms with Gasteiger partial charge in [0.15, 0.2) is 0 Å². The molecular formula is C42H42N4O9. The number of ether oxygens (including phenoxy) is 1. The first-order valence-corrected chi connectivity index (χ1v) is 18.1. The highest BCUT2D eigenvalue weighted by Gasteiger charge is 2.40. The number of amides is 4. The van der Waals surface area contributed by atoms with E-state index < -0.39 is 66.3 Å². The number of hydrogen-bond acceptors (Lipinski definition) is 7. The van der Waals surface area contributed by atoms with Crippen LogP contribution in [0.1, 0.15) is 47.4 Å². The highest BCUT2D eigenvalue weighted by atomic mass is 16.5. The first kappa shape index (κ1) is 38.2. The minimum Gasteiger partial charge on any atom is -0.481 e. The van der Waals surface area contributed by atoms with E-state index >= 15 is 0 Å². The summed E-state index contributed by atoms with van der Waals surface area (Å²) in [5, 5.41) is 26.4. The fourth-order valence-corrected chi connectivity index (χ4v) is 7.31. The number of alkyl carbamates (subject to hydrolysis) is 1. The molecule has 6 rings (SSSR count). The summed E-state index contributed by atoms with van der Waals surface area (Å²) in [6, 6.07) is 28.8. The van der Waals surface area contributed by atoms with Gasteiger partial charge in [0, 0.05) is 25.3 Å². The first-order chi connectivity index (χ1) is 26.6. The molecule has 4 aromatic carbocycles. The lowest BCUT2D eigenvalue weighted by Gasteiger charge is -2.30. The summed E-state index contributed by atoms with van der Waals surface area (Å²) >= 11 is 0. The standard InChI is InChI=1S/C42H42N4O9/c47-37(48)24-35(41(52)53)44-39(50)36-20-11-21-46(36)40(51)34(23-27-14-5-2-6-15-27)43-38(49)33(22-26-12-3-1-4-13-26)45-42(54)55-25-32-30-18-9-7-16-28(30)29-17-8-10-19-31(29)32/h1-10,12-19,32-36H,11,20-25H2,(H,43,49)(H,44,50)(H,45,54)(H,47,48)(H,52,53)/t33-,34-,35-,36-/m0/s1. The molecule has 4 aromatic rings. The molecule has 0 aromatic heterocycles. The second-order valence-corrected chi connectivity index (χ2v) is 13.7. The highest BCUT2D eigenvalue weighted by Crippen LogP contribution is 2.44. The van der Waals surface area contributed by atoms with Crippen molar-refractivity contribution in [2.45, 2.75) is 62.2 Å². The van der Waals surface area contributed by atoms with Gasteiger partial charge in [-0.3, -0.25) is 19.2 Å². The Balaban J connectivity index is 1.19. The van der Waals surface area contributed by atoms with Crippen LogP contribution >= 0.6 is 0 Å². The molecule has 4 atom stereocenters. The van der Waals surface area contributed by atoms with Gasteiger partial charge < -0.3 is 35.8 Å². The van der Waals surface area contributed by atoms with Gasteiger partial charge in [-0.05, 0) is 46.2 Å². The topological polar surface area (TPSA) is 191 Å². The summed E-state index contributed by atoms with van der Waals surface area (Å²) in [5.74, 6) is -5.17. The summed E-state index contributed by atoms with van der Waals surface area (Å²) in [4.78, 5) is 79.3. The molecule has 0 unspecified atom stereocenters. The van der Waals surface area contributed by atoms with Gasteiger partial charge in [0.05, 0.1) is 6.42 Å². The zero-order valence-electron chi connectivity index (χ0n) is 29.9. The second kappa shape index (κ2) is 17.5. The average Bonchev–Trinajstić information content (AvgIpc) is 3.80. The molecule has 1 aliphatic carbocycles. The van der Waals surface area contributed by atoms with Crippen LogP contribution in [-0.4, -0.2) is 88.2 Å². The predicted octanol–water partition coefficient (Wildman–Crippen LogP) is 3.90. The summed E-state index contributed by atoms with van der Waals surface area (Å²) in [7, 11) is 0. The lowest BCUT2D eigenvalue weighted by molar-refractivity contribution is -0.148. The molecule has 1 saturated heterocycles. The number of carbonyl (C=O) groups excluding carboxylic acids is 4. The maximum atomic E-state index is 14.3. The maximum Gasteiger partial charge on any atom is 0.407 e. The molecule has 5 N–H and O–H groups in total. The number of carbonyl (C=O) groups is 6. The monoisotopic (exact) mass is 746 g/mol. The third-order valence-electron chi connectivity index (χ3n) is 9.96. The number of rotatable bonds is 15. The van der Waals surface area contributed by atoms with Gasteiger partial charge in [-0.15, -0.1) is 0 Å². The summed E-state index contributed by atoms with van der Waals surface area (Å²) in [6.45, 7) is 0.183. The van der Waals surface area contributed by atoms with E-state index in [1.54, 1.807) is 24.3 Å². The van der Waals surface area contributed by atoms with Crippen LogP contribution in [0.4, 0.5) is 4.79 Å². The lowest BCUT2D eigenvalue weighted by Crippen LogP contribution is -2.58. The zero-order valence-corrected chi connectivity index (χ0v) is 29.9. The zero-order chi connectivity index (χ0) is 38.9. The van der Waals surface area contributed by atoms with E-state index in [1.165, 1.54) is 4.90 Å². The van der Waals surface area contributed by atoms with Crippen molar-refractivity contribution in [1.82, 2.24) is 20.9 Å². The SMILES string of the molecule is O=C(O)C[C@H](NC(=O)[C@@H]1CCCN1C(=O)[C@H](Cc1ccccc1)NC(=O)[C@H](Cc1ccccc1)NC(=O)OCC1c2ccccc2-c2ccccc21)C(=O)O. The highest BCUT2D eigenvalue weighted by molar-refractivity contribution is 5.96. The van der Waals surface area contributed by atoms with Crippen molar-refractivity contribution in [3.05, 3.63) is 131 Å². The molecule has 284 valence electrons. The quantitative estimate of drug-likeness (QED) is 0.120. The molecule has 4 amide bonds. The van der Waals surface area contributed by atoms with Crippen LogP contribution in [0.2, 0.25) is 0 Å². The van der Waals surface area contributed by atoms with Gasteiger partial charge in [-0.2, -0.15) is 0 Å². The third kappa shape index (κ3) is 9.36. The Morgan fingerprint density at radius 1 is 0.673 bits per heavy atom. The van der Waals surface area contributed by atoms with Crippen LogP contribution in [0.3, 0.4) is 0 Å². The van der Waals surface area contributed by atoms with Crippen molar-refractivity contribution >= 4 is 35.8 Å². The predicted molar refractivity (Wildman–Crippen MR) is 201 cm³/mol. The number of carboxylic acids is 2. The van der Waals surface area contributed by atoms with Crippen LogP contribution in [-0.2, 0) is 41.6 Å². The number of carboxylic acid groups (broad SMARTS) is 2. The van der Waals surface area contributed by atoms with Crippen molar-refractivity contribution in [3.63, 3.8) is 0 Å². The molecule has 2 aliphatic rings. The first-order valence-electron chi connectivity index (χ1n) is 18.1. The molecule has 0 radical (unpaired) electrons. The van der Waals surface area contributed by atoms with Gasteiger partial charge in [0.1, 0.15) is 30.8 Å². The van der Waals surface area contributed by atoms with Gasteiger partial charge in [0.25, 0.3) is 0 Å². The number of benzene rings is 4. The van der Waals surface area contributed by atoms with Crippen LogP contribution in [0.5, 0.6) is 0 Å². The molecule has 1 heterocycles. The Labute approximate surface area is 317 Å². The average molecular weight is 747 g/mol. The van der Waals surface area contributed by atoms with Crippen molar-refractivity contribution < 1.29 is 43.7 Å². The number of nitrogens with one attached hydrogen (secondary N) is 3. The number of aliphatic carboxylic acids is 2. The second-order valence-electron chi connectivity index (χ2n) is 13.7. The van der Waals surface area contributed by atoms with E-state index in [1.807, 2.05) is 84.9 Å². The molecule has 13 nitrogen and oxygen atoms in total. The Hall–Kier alpha value is -6.50. The molecule has 1 aliphatic heterocycles. The Bertz CT molecular complexity index is 2000. The minimum absolute atomic E-state index is 0.0300. The molecule has 0 saturated carbocycles. The van der Waals surface area contributed by atoms with E-state index in [0.717, 1.165) is 33.4 Å². The molecule has 13 heteroatoms. The summed E-state index contributed by atoms with van der Waals surface area (Å²) in [5.41, 5.74) is 5.68. The van der Waals surface area contributed by atoms with E-state index in [9.17, 15) is 33.9 Å². The van der Waals surface area contributed by atoms with Crippen LogP contribution in [0.15, 0.2) is 109 Å². The molecule has 0 bridgehead atoms. The molecule has 0 spiro atoms. The Morgan fingerprint density at radius 3 is 1.78 bits per heavy atom. The van der Waals surface area contributed by atoms with Crippen molar-refractivity contribution in [1.29, 1.82) is 0 Å². The van der Waals surface area contributed by atoms with Crippen molar-refractivity contribution in [2.75, 3.05) is 13.2 Å². The van der Waals surface area contributed by atoms with Crippen molar-refractivity contribution in [3.8, 4) is 11.1 Å². The van der Waals surface area contributed by atoms with Crippen LogP contribution < -0.4 is 16.0 Å². The van der Waals surface area contributed by atoms with Crippen molar-refractivity contribution in [2.24, 2.45) is 0 Å². The Kier molecular flexibility index (Phi) is 12.2. The van der Waals surface area contributed by atoms with Gasteiger partial charge in [-0.25, -0.2) is 9.59 Å². The number of likely N-dealkylation sites (tertiary alicyclic amines) is 1. The minimum atomic E-state index is -1.69. The Morgan fingerprint density at radius 2 is 1.22 bits per heavy atom. The normalized spacial score (nSPS) is 16.1. The van der Waals surface area contributed by atoms with Crippen LogP contribution in [0, 0.1) is 0 Å². The van der Waals surface area contributed by atoms with Gasteiger partial charge in [-0.1, -0.05) is 109 Å². The van der Waals surface area contributed by atoms with E-state index in [4.69, 9.17) is 9.84 Å². The van der Waals surface area contributed by atoms with E-state index in [2.05, 4.69) is 16.0 Å². The maximum absolute atomic E-state index is 14.3. The fourth-order valence-electron chi connectivity index (χ4n) is 7.31. The number of fused-ring (bicyclic) bond motifs is 3. The lowest BCUT2D eigenvalue weighted by atomic mass is 9.98. The smallest absolute Gasteiger partial charge is 0.407 e. The van der Waals surface area contributed by atoms with Crippen LogP contribution in [0.25, 0.3) is 11.1 Å². The van der Waals surface area contributed by atoms with Gasteiger partial charge in [0.2, 0.25) is 17.7 Å². The van der Waals surface area contributed by atoms with Gasteiger partial charge >= 0.3 is 18.0 Å². The number of nitrogens with zero attached hydrogens (tertiary/aromatic N) is 1. The summed E-state index contributed by atoms with van der Waals surface area (Å²) in [6.07, 6.45) is -0.883. The van der Waals surface area contributed by atoms with E-state index in [0.29, 0.717) is 6.42 Å². The molecule has 55 heavy (non-hydrogen) atoms. The molecule has 1 fully saturated rings. The fraction of sp³-hybridized carbons (Fsp3) is 0.286. The molecular weight excluding hydrogens is 704 g/mol. The number of hydrogen-bond donors (Lipinski definition) is 5.